The molecule has 0 saturated carbocycles. The molecule has 2 aromatic carbocycles. The predicted molar refractivity (Wildman–Crippen MR) is 103 cm³/mol. The van der Waals surface area contributed by atoms with Crippen LogP contribution in [-0.4, -0.2) is 22.3 Å². The molecule has 0 radical (unpaired) electrons. The Kier molecular flexibility index (Phi) is 5.37. The van der Waals surface area contributed by atoms with Crippen molar-refractivity contribution in [1.82, 2.24) is 9.78 Å². The molecule has 0 unspecified atom stereocenters. The van der Waals surface area contributed by atoms with Gasteiger partial charge in [-0.1, -0.05) is 24.6 Å². The maximum Gasteiger partial charge on any atom is 0.259 e. The van der Waals surface area contributed by atoms with Crippen molar-refractivity contribution in [1.29, 1.82) is 0 Å². The molecule has 5 heteroatoms. The smallest absolute Gasteiger partial charge is 0.259 e. The second-order valence-electron chi connectivity index (χ2n) is 6.02. The Morgan fingerprint density at radius 3 is 2.38 bits per heavy atom. The first-order valence-corrected chi connectivity index (χ1v) is 8.80. The Balaban J connectivity index is 1.82. The van der Waals surface area contributed by atoms with Crippen LogP contribution in [-0.2, 0) is 6.42 Å². The number of benzene rings is 2. The van der Waals surface area contributed by atoms with Gasteiger partial charge in [-0.3, -0.25) is 4.79 Å². The normalized spacial score (nSPS) is 10.6. The minimum absolute atomic E-state index is 0.163. The Bertz CT molecular complexity index is 881. The fourth-order valence-electron chi connectivity index (χ4n) is 2.81. The highest BCUT2D eigenvalue weighted by molar-refractivity contribution is 6.05. The molecule has 1 aromatic heterocycles. The fraction of sp³-hybridized carbons (Fsp3) is 0.238. The van der Waals surface area contributed by atoms with E-state index in [1.807, 2.05) is 74.0 Å². The summed E-state index contributed by atoms with van der Waals surface area (Å²) < 4.78 is 7.25. The number of ether oxygens (including phenoxy) is 1. The number of rotatable bonds is 6. The number of aryl methyl sites for hydroxylation is 1. The standard InChI is InChI=1S/C21H23N3O2/c1-4-20-19(14-22-24(20)17-10-6-15(3)7-11-17)21(25)23-16-8-12-18(13-9-16)26-5-2/h6-14H,4-5H2,1-3H3,(H,23,25). The second kappa shape index (κ2) is 7.87. The molecule has 1 heterocycles. The Hall–Kier alpha value is -3.08. The summed E-state index contributed by atoms with van der Waals surface area (Å²) in [6.07, 6.45) is 2.34. The lowest BCUT2D eigenvalue weighted by Crippen LogP contribution is -2.14. The van der Waals surface area contributed by atoms with E-state index >= 15 is 0 Å². The van der Waals surface area contributed by atoms with Crippen molar-refractivity contribution in [3.8, 4) is 11.4 Å². The Labute approximate surface area is 153 Å². The lowest BCUT2D eigenvalue weighted by atomic mass is 10.1. The first-order valence-electron chi connectivity index (χ1n) is 8.80. The van der Waals surface area contributed by atoms with E-state index < -0.39 is 0 Å². The largest absolute Gasteiger partial charge is 0.494 e. The third kappa shape index (κ3) is 3.77. The van der Waals surface area contributed by atoms with Crippen molar-refractivity contribution >= 4 is 11.6 Å². The van der Waals surface area contributed by atoms with E-state index in [-0.39, 0.29) is 5.91 Å². The first kappa shape index (κ1) is 17.7. The van der Waals surface area contributed by atoms with Gasteiger partial charge in [0.1, 0.15) is 5.75 Å². The van der Waals surface area contributed by atoms with Crippen molar-refractivity contribution < 1.29 is 9.53 Å². The number of carbonyl (C=O) groups is 1. The average Bonchev–Trinajstić information content (AvgIpc) is 3.08. The number of nitrogens with one attached hydrogen (secondary N) is 1. The average molecular weight is 349 g/mol. The zero-order valence-corrected chi connectivity index (χ0v) is 15.3. The van der Waals surface area contributed by atoms with E-state index in [9.17, 15) is 4.79 Å². The monoisotopic (exact) mass is 349 g/mol. The molecule has 26 heavy (non-hydrogen) atoms. The van der Waals surface area contributed by atoms with Crippen molar-refractivity contribution in [3.05, 3.63) is 71.5 Å². The summed E-state index contributed by atoms with van der Waals surface area (Å²) >= 11 is 0. The number of hydrogen-bond donors (Lipinski definition) is 1. The number of hydrogen-bond acceptors (Lipinski definition) is 3. The third-order valence-electron chi connectivity index (χ3n) is 4.15. The molecule has 5 nitrogen and oxygen atoms in total. The highest BCUT2D eigenvalue weighted by Gasteiger charge is 2.17. The fourth-order valence-corrected chi connectivity index (χ4v) is 2.81. The van der Waals surface area contributed by atoms with E-state index in [1.165, 1.54) is 5.56 Å². The van der Waals surface area contributed by atoms with E-state index in [2.05, 4.69) is 10.4 Å². The van der Waals surface area contributed by atoms with Gasteiger partial charge >= 0.3 is 0 Å². The molecule has 0 aliphatic carbocycles. The van der Waals surface area contributed by atoms with Crippen LogP contribution in [0.3, 0.4) is 0 Å². The van der Waals surface area contributed by atoms with Gasteiger partial charge in [-0.25, -0.2) is 4.68 Å². The molecule has 0 saturated heterocycles. The molecule has 0 spiro atoms. The lowest BCUT2D eigenvalue weighted by Gasteiger charge is -2.09. The minimum Gasteiger partial charge on any atom is -0.494 e. The quantitative estimate of drug-likeness (QED) is 0.718. The molecule has 1 amide bonds. The first-order chi connectivity index (χ1) is 12.6. The van der Waals surface area contributed by atoms with Crippen molar-refractivity contribution in [3.63, 3.8) is 0 Å². The Morgan fingerprint density at radius 2 is 1.77 bits per heavy atom. The number of aromatic nitrogens is 2. The van der Waals surface area contributed by atoms with Crippen LogP contribution in [0.4, 0.5) is 5.69 Å². The van der Waals surface area contributed by atoms with Crippen LogP contribution in [0.5, 0.6) is 5.75 Å². The zero-order chi connectivity index (χ0) is 18.5. The highest BCUT2D eigenvalue weighted by atomic mass is 16.5. The van der Waals surface area contributed by atoms with Crippen LogP contribution in [0.2, 0.25) is 0 Å². The summed E-state index contributed by atoms with van der Waals surface area (Å²) in [7, 11) is 0. The lowest BCUT2D eigenvalue weighted by molar-refractivity contribution is 0.102. The molecule has 1 N–H and O–H groups in total. The van der Waals surface area contributed by atoms with E-state index in [4.69, 9.17) is 4.74 Å². The highest BCUT2D eigenvalue weighted by Crippen LogP contribution is 2.20. The molecule has 0 aliphatic heterocycles. The van der Waals surface area contributed by atoms with Crippen LogP contribution in [0.1, 0.15) is 35.5 Å². The van der Waals surface area contributed by atoms with Crippen LogP contribution in [0.15, 0.2) is 54.7 Å². The molecular formula is C21H23N3O2. The number of carbonyl (C=O) groups excluding carboxylic acids is 1. The molecule has 0 fully saturated rings. The summed E-state index contributed by atoms with van der Waals surface area (Å²) in [5.41, 5.74) is 4.34. The van der Waals surface area contributed by atoms with Gasteiger partial charge in [-0.15, -0.1) is 0 Å². The van der Waals surface area contributed by atoms with Gasteiger partial charge in [0.2, 0.25) is 0 Å². The second-order valence-corrected chi connectivity index (χ2v) is 6.02. The molecule has 0 bridgehead atoms. The Morgan fingerprint density at radius 1 is 1.08 bits per heavy atom. The zero-order valence-electron chi connectivity index (χ0n) is 15.3. The van der Waals surface area contributed by atoms with E-state index in [0.717, 1.165) is 22.8 Å². The van der Waals surface area contributed by atoms with Gasteiger partial charge in [-0.05, 0) is 56.7 Å². The summed E-state index contributed by atoms with van der Waals surface area (Å²) in [6.45, 7) is 6.62. The molecule has 3 aromatic rings. The summed E-state index contributed by atoms with van der Waals surface area (Å²) in [5, 5.41) is 7.35. The predicted octanol–water partition coefficient (Wildman–Crippen LogP) is 4.39. The number of amides is 1. The number of anilines is 1. The maximum absolute atomic E-state index is 12.7. The van der Waals surface area contributed by atoms with Gasteiger partial charge < -0.3 is 10.1 Å². The third-order valence-corrected chi connectivity index (χ3v) is 4.15. The van der Waals surface area contributed by atoms with Crippen molar-refractivity contribution in [2.45, 2.75) is 27.2 Å². The SMILES string of the molecule is CCOc1ccc(NC(=O)c2cnn(-c3ccc(C)cc3)c2CC)cc1. The van der Waals surface area contributed by atoms with Gasteiger partial charge in [0, 0.05) is 5.69 Å². The minimum atomic E-state index is -0.163. The summed E-state index contributed by atoms with van der Waals surface area (Å²) in [6, 6.07) is 15.4. The topological polar surface area (TPSA) is 56.1 Å². The molecular weight excluding hydrogens is 326 g/mol. The molecule has 0 atom stereocenters. The van der Waals surface area contributed by atoms with Crippen molar-refractivity contribution in [2.24, 2.45) is 0 Å². The van der Waals surface area contributed by atoms with Crippen LogP contribution in [0, 0.1) is 6.92 Å². The van der Waals surface area contributed by atoms with Crippen LogP contribution < -0.4 is 10.1 Å². The number of nitrogens with zero attached hydrogens (tertiary/aromatic N) is 2. The van der Waals surface area contributed by atoms with Crippen LogP contribution in [0.25, 0.3) is 5.69 Å². The molecule has 134 valence electrons. The molecule has 3 rings (SSSR count). The summed E-state index contributed by atoms with van der Waals surface area (Å²) in [5.74, 6) is 0.622. The van der Waals surface area contributed by atoms with Crippen molar-refractivity contribution in [2.75, 3.05) is 11.9 Å². The molecule has 0 aliphatic rings. The van der Waals surface area contributed by atoms with Gasteiger partial charge in [-0.2, -0.15) is 5.10 Å². The van der Waals surface area contributed by atoms with Gasteiger partial charge in [0.05, 0.1) is 29.7 Å². The van der Waals surface area contributed by atoms with Gasteiger partial charge in [0.15, 0.2) is 0 Å². The van der Waals surface area contributed by atoms with E-state index in [1.54, 1.807) is 6.20 Å². The van der Waals surface area contributed by atoms with Crippen LogP contribution >= 0.6 is 0 Å². The van der Waals surface area contributed by atoms with E-state index in [0.29, 0.717) is 18.6 Å². The summed E-state index contributed by atoms with van der Waals surface area (Å²) in [4.78, 5) is 12.7. The maximum atomic E-state index is 12.7. The van der Waals surface area contributed by atoms with Gasteiger partial charge in [0.25, 0.3) is 5.91 Å².